The van der Waals surface area contributed by atoms with E-state index in [0.29, 0.717) is 37.2 Å². The highest BCUT2D eigenvalue weighted by Crippen LogP contribution is 2.36. The Morgan fingerprint density at radius 1 is 1.24 bits per heavy atom. The van der Waals surface area contributed by atoms with E-state index in [4.69, 9.17) is 0 Å². The summed E-state index contributed by atoms with van der Waals surface area (Å²) in [6.07, 6.45) is 1.95. The molecule has 1 aromatic carbocycles. The van der Waals surface area contributed by atoms with Crippen LogP contribution < -0.4 is 5.32 Å². The number of aromatic nitrogens is 1. The summed E-state index contributed by atoms with van der Waals surface area (Å²) in [5.41, 5.74) is 0.684. The molecule has 2 atom stereocenters. The number of aliphatic carboxylic acids is 1. The maximum absolute atomic E-state index is 13.2. The lowest BCUT2D eigenvalue weighted by molar-refractivity contribution is -0.162. The number of carbonyl (C=O) groups excluding carboxylic acids is 1. The second kappa shape index (κ2) is 9.05. The van der Waals surface area contributed by atoms with Crippen LogP contribution in [0.4, 0.5) is 5.69 Å². The highest BCUT2D eigenvalue weighted by Gasteiger charge is 2.49. The molecule has 0 bridgehead atoms. The zero-order valence-electron chi connectivity index (χ0n) is 16.5. The van der Waals surface area contributed by atoms with Gasteiger partial charge >= 0.3 is 5.97 Å². The highest BCUT2D eigenvalue weighted by molar-refractivity contribution is 6.00. The van der Waals surface area contributed by atoms with Crippen LogP contribution in [0.2, 0.25) is 0 Å². The molecule has 29 heavy (non-hydrogen) atoms. The van der Waals surface area contributed by atoms with E-state index in [-0.39, 0.29) is 18.9 Å². The lowest BCUT2D eigenvalue weighted by Gasteiger charge is -2.43. The van der Waals surface area contributed by atoms with Crippen LogP contribution in [0.5, 0.6) is 0 Å². The van der Waals surface area contributed by atoms with Gasteiger partial charge in [0.2, 0.25) is 0 Å². The number of nitrogens with one attached hydrogen (secondary N) is 1. The van der Waals surface area contributed by atoms with Crippen molar-refractivity contribution in [3.05, 3.63) is 59.9 Å². The SMILES string of the molecule is CCC[C@@]1(C(=O)O)CN(C(=O)c2ccccc2NCc2ccccn2)CC[C@H]1O. The molecule has 0 aliphatic carbocycles. The third kappa shape index (κ3) is 4.40. The van der Waals surface area contributed by atoms with Crippen LogP contribution in [-0.2, 0) is 11.3 Å². The minimum Gasteiger partial charge on any atom is -0.481 e. The number of para-hydroxylation sites is 1. The fraction of sp³-hybridized carbons (Fsp3) is 0.409. The molecule has 2 aromatic rings. The quantitative estimate of drug-likeness (QED) is 0.664. The number of amides is 1. The Morgan fingerprint density at radius 3 is 2.69 bits per heavy atom. The summed E-state index contributed by atoms with van der Waals surface area (Å²) in [4.78, 5) is 31.1. The number of carboxylic acids is 1. The summed E-state index contributed by atoms with van der Waals surface area (Å²) in [5.74, 6) is -1.28. The van der Waals surface area contributed by atoms with Gasteiger partial charge in [-0.2, -0.15) is 0 Å². The topological polar surface area (TPSA) is 103 Å². The maximum Gasteiger partial charge on any atom is 0.314 e. The first-order chi connectivity index (χ1) is 14.0. The number of carboxylic acid groups (broad SMARTS) is 1. The fourth-order valence-electron chi connectivity index (χ4n) is 3.94. The van der Waals surface area contributed by atoms with Crippen molar-refractivity contribution >= 4 is 17.6 Å². The lowest BCUT2D eigenvalue weighted by Crippen LogP contribution is -2.57. The average molecular weight is 397 g/mol. The van der Waals surface area contributed by atoms with Crippen molar-refractivity contribution in [3.8, 4) is 0 Å². The second-order valence-electron chi connectivity index (χ2n) is 7.46. The van der Waals surface area contributed by atoms with Gasteiger partial charge in [-0.25, -0.2) is 0 Å². The number of aliphatic hydroxyl groups is 1. The molecule has 7 heteroatoms. The molecule has 2 heterocycles. The van der Waals surface area contributed by atoms with Crippen LogP contribution in [0.3, 0.4) is 0 Å². The molecule has 0 radical (unpaired) electrons. The van der Waals surface area contributed by atoms with Crippen molar-refractivity contribution in [3.63, 3.8) is 0 Å². The molecule has 1 amide bonds. The minimum atomic E-state index is -1.32. The standard InChI is InChI=1S/C22H27N3O4/c1-2-11-22(21(28)29)15-25(13-10-19(22)26)20(27)17-8-3-4-9-18(17)24-14-16-7-5-6-12-23-16/h3-9,12,19,24,26H,2,10-11,13-15H2,1H3,(H,28,29)/t19-,22-/m1/s1. The van der Waals surface area contributed by atoms with Gasteiger partial charge in [-0.1, -0.05) is 31.5 Å². The van der Waals surface area contributed by atoms with Crippen molar-refractivity contribution in [2.45, 2.75) is 38.8 Å². The fourth-order valence-corrected chi connectivity index (χ4v) is 3.94. The Balaban J connectivity index is 1.80. The number of likely N-dealkylation sites (tertiary alicyclic amines) is 1. The Labute approximate surface area is 170 Å². The largest absolute Gasteiger partial charge is 0.481 e. The van der Waals surface area contributed by atoms with E-state index in [1.165, 1.54) is 0 Å². The zero-order chi connectivity index (χ0) is 20.9. The van der Waals surface area contributed by atoms with Gasteiger partial charge in [-0.05, 0) is 37.1 Å². The number of benzene rings is 1. The number of hydrogen-bond acceptors (Lipinski definition) is 5. The predicted octanol–water partition coefficient (Wildman–Crippen LogP) is 2.77. The number of carbonyl (C=O) groups is 2. The molecule has 3 rings (SSSR count). The number of rotatable bonds is 7. The van der Waals surface area contributed by atoms with Crippen molar-refractivity contribution in [2.75, 3.05) is 18.4 Å². The summed E-state index contributed by atoms with van der Waals surface area (Å²) in [7, 11) is 0. The molecule has 3 N–H and O–H groups in total. The molecule has 1 saturated heterocycles. The number of anilines is 1. The smallest absolute Gasteiger partial charge is 0.314 e. The minimum absolute atomic E-state index is 0.00471. The Hall–Kier alpha value is -2.93. The number of hydrogen-bond donors (Lipinski definition) is 3. The van der Waals surface area contributed by atoms with Crippen LogP contribution in [0.25, 0.3) is 0 Å². The van der Waals surface area contributed by atoms with Crippen LogP contribution >= 0.6 is 0 Å². The molecule has 1 aliphatic rings. The first-order valence-electron chi connectivity index (χ1n) is 9.91. The molecule has 0 saturated carbocycles. The van der Waals surface area contributed by atoms with Crippen molar-refractivity contribution in [2.24, 2.45) is 5.41 Å². The summed E-state index contributed by atoms with van der Waals surface area (Å²) in [6, 6.07) is 12.8. The predicted molar refractivity (Wildman–Crippen MR) is 110 cm³/mol. The number of aliphatic hydroxyl groups excluding tert-OH is 1. The Bertz CT molecular complexity index is 858. The molecule has 1 aliphatic heterocycles. The monoisotopic (exact) mass is 397 g/mol. The molecule has 1 fully saturated rings. The first-order valence-corrected chi connectivity index (χ1v) is 9.91. The maximum atomic E-state index is 13.2. The van der Waals surface area contributed by atoms with Gasteiger partial charge in [0.25, 0.3) is 5.91 Å². The van der Waals surface area contributed by atoms with E-state index in [1.807, 2.05) is 37.3 Å². The summed E-state index contributed by atoms with van der Waals surface area (Å²) < 4.78 is 0. The van der Waals surface area contributed by atoms with E-state index in [0.717, 1.165) is 5.69 Å². The van der Waals surface area contributed by atoms with E-state index < -0.39 is 17.5 Å². The normalized spacial score (nSPS) is 21.6. The van der Waals surface area contributed by atoms with Gasteiger partial charge in [0.1, 0.15) is 5.41 Å². The summed E-state index contributed by atoms with van der Waals surface area (Å²) in [6.45, 7) is 2.69. The molecule has 0 unspecified atom stereocenters. The van der Waals surface area contributed by atoms with Gasteiger partial charge in [0.15, 0.2) is 0 Å². The summed E-state index contributed by atoms with van der Waals surface area (Å²) >= 11 is 0. The molecular weight excluding hydrogens is 370 g/mol. The number of piperidine rings is 1. The van der Waals surface area contributed by atoms with E-state index in [2.05, 4.69) is 10.3 Å². The van der Waals surface area contributed by atoms with Gasteiger partial charge in [-0.15, -0.1) is 0 Å². The first kappa shape index (κ1) is 20.8. The van der Waals surface area contributed by atoms with Gasteiger partial charge in [-0.3, -0.25) is 14.6 Å². The average Bonchev–Trinajstić information content (AvgIpc) is 2.74. The Kier molecular flexibility index (Phi) is 6.49. The van der Waals surface area contributed by atoms with E-state index in [1.54, 1.807) is 23.2 Å². The molecule has 154 valence electrons. The second-order valence-corrected chi connectivity index (χ2v) is 7.46. The van der Waals surface area contributed by atoms with Crippen molar-refractivity contribution in [1.29, 1.82) is 0 Å². The van der Waals surface area contributed by atoms with Gasteiger partial charge in [0.05, 0.1) is 23.9 Å². The van der Waals surface area contributed by atoms with E-state index >= 15 is 0 Å². The van der Waals surface area contributed by atoms with Crippen molar-refractivity contribution in [1.82, 2.24) is 9.88 Å². The summed E-state index contributed by atoms with van der Waals surface area (Å²) in [5, 5.41) is 23.5. The van der Waals surface area contributed by atoms with Crippen molar-refractivity contribution < 1.29 is 19.8 Å². The number of nitrogens with zero attached hydrogens (tertiary/aromatic N) is 2. The highest BCUT2D eigenvalue weighted by atomic mass is 16.4. The zero-order valence-corrected chi connectivity index (χ0v) is 16.5. The molecule has 1 aromatic heterocycles. The van der Waals surface area contributed by atoms with Crippen LogP contribution in [0.15, 0.2) is 48.7 Å². The van der Waals surface area contributed by atoms with Crippen LogP contribution in [-0.4, -0.2) is 51.2 Å². The van der Waals surface area contributed by atoms with E-state index in [9.17, 15) is 19.8 Å². The molecule has 0 spiro atoms. The lowest BCUT2D eigenvalue weighted by atomic mass is 9.74. The third-order valence-electron chi connectivity index (χ3n) is 5.54. The third-order valence-corrected chi connectivity index (χ3v) is 5.54. The Morgan fingerprint density at radius 2 is 2.00 bits per heavy atom. The molecule has 7 nitrogen and oxygen atoms in total. The number of pyridine rings is 1. The van der Waals surface area contributed by atoms with Crippen LogP contribution in [0, 0.1) is 5.41 Å². The molecular formula is C22H27N3O4. The van der Waals surface area contributed by atoms with Gasteiger partial charge < -0.3 is 20.4 Å². The van der Waals surface area contributed by atoms with Gasteiger partial charge in [0, 0.05) is 25.0 Å². The van der Waals surface area contributed by atoms with Crippen LogP contribution in [0.1, 0.15) is 42.2 Å².